The molecule has 4 rings (SSSR count). The van der Waals surface area contributed by atoms with Crippen LogP contribution in [0.25, 0.3) is 0 Å². The van der Waals surface area contributed by atoms with Gasteiger partial charge in [-0.15, -0.1) is 0 Å². The van der Waals surface area contributed by atoms with Crippen LogP contribution >= 0.6 is 0 Å². The summed E-state index contributed by atoms with van der Waals surface area (Å²) in [5.74, 6) is 0.225. The van der Waals surface area contributed by atoms with Crippen LogP contribution < -0.4 is 9.64 Å². The molecule has 26 heavy (non-hydrogen) atoms. The second-order valence-corrected chi connectivity index (χ2v) is 6.95. The average molecular weight is 350 g/mol. The van der Waals surface area contributed by atoms with Crippen molar-refractivity contribution in [2.24, 2.45) is 0 Å². The maximum atomic E-state index is 13.1. The van der Waals surface area contributed by atoms with Crippen LogP contribution in [0.4, 0.5) is 5.69 Å². The minimum Gasteiger partial charge on any atom is -0.495 e. The van der Waals surface area contributed by atoms with E-state index in [1.807, 2.05) is 31.2 Å². The lowest BCUT2D eigenvalue weighted by Crippen LogP contribution is -2.44. The molecule has 0 unspecified atom stereocenters. The zero-order valence-electron chi connectivity index (χ0n) is 15.1. The molecule has 0 aromatic heterocycles. The van der Waals surface area contributed by atoms with E-state index in [9.17, 15) is 9.59 Å². The molecule has 2 aromatic carbocycles. The molecule has 2 heterocycles. The number of imide groups is 1. The Hall–Kier alpha value is -2.66. The van der Waals surface area contributed by atoms with Crippen LogP contribution in [0, 0.1) is 6.92 Å². The number of benzene rings is 2. The van der Waals surface area contributed by atoms with Crippen molar-refractivity contribution in [1.29, 1.82) is 0 Å². The van der Waals surface area contributed by atoms with Crippen LogP contribution in [0.5, 0.6) is 5.75 Å². The third-order valence-corrected chi connectivity index (χ3v) is 5.30. The van der Waals surface area contributed by atoms with Crippen LogP contribution in [-0.4, -0.2) is 36.4 Å². The van der Waals surface area contributed by atoms with Crippen molar-refractivity contribution in [3.8, 4) is 5.75 Å². The Kier molecular flexibility index (Phi) is 4.24. The zero-order chi connectivity index (χ0) is 18.3. The predicted octanol–water partition coefficient (Wildman–Crippen LogP) is 2.69. The number of ether oxygens (including phenoxy) is 1. The summed E-state index contributed by atoms with van der Waals surface area (Å²) in [5, 5.41) is 0. The van der Waals surface area contributed by atoms with Gasteiger partial charge < -0.3 is 4.74 Å². The molecule has 1 atom stereocenters. The summed E-state index contributed by atoms with van der Waals surface area (Å²) in [4.78, 5) is 29.2. The van der Waals surface area contributed by atoms with E-state index < -0.39 is 6.04 Å². The van der Waals surface area contributed by atoms with Gasteiger partial charge in [0.1, 0.15) is 5.75 Å². The Morgan fingerprint density at radius 2 is 1.85 bits per heavy atom. The summed E-state index contributed by atoms with van der Waals surface area (Å²) in [6.45, 7) is 3.44. The van der Waals surface area contributed by atoms with Crippen LogP contribution in [0.3, 0.4) is 0 Å². The fourth-order valence-corrected chi connectivity index (χ4v) is 3.91. The van der Waals surface area contributed by atoms with E-state index in [0.717, 1.165) is 18.5 Å². The van der Waals surface area contributed by atoms with Crippen molar-refractivity contribution in [2.45, 2.75) is 32.4 Å². The number of methoxy groups -OCH3 is 1. The third kappa shape index (κ3) is 2.78. The quantitative estimate of drug-likeness (QED) is 0.799. The number of anilines is 1. The number of aryl methyl sites for hydroxylation is 1. The van der Waals surface area contributed by atoms with Crippen LogP contribution in [0.1, 0.15) is 23.1 Å². The first-order chi connectivity index (χ1) is 12.6. The molecule has 0 spiro atoms. The summed E-state index contributed by atoms with van der Waals surface area (Å²) in [6.07, 6.45) is 1.13. The van der Waals surface area contributed by atoms with Gasteiger partial charge in [-0.2, -0.15) is 0 Å². The van der Waals surface area contributed by atoms with Gasteiger partial charge >= 0.3 is 0 Å². The summed E-state index contributed by atoms with van der Waals surface area (Å²) >= 11 is 0. The molecular formula is C21H22N2O3. The number of hydrogen-bond acceptors (Lipinski definition) is 4. The number of nitrogens with zero attached hydrogens (tertiary/aromatic N) is 2. The van der Waals surface area contributed by atoms with Gasteiger partial charge in [-0.1, -0.05) is 30.3 Å². The minimum atomic E-state index is -0.402. The van der Waals surface area contributed by atoms with Gasteiger partial charge in [0.15, 0.2) is 0 Å². The van der Waals surface area contributed by atoms with E-state index in [1.165, 1.54) is 16.0 Å². The number of carbonyl (C=O) groups is 2. The fourth-order valence-electron chi connectivity index (χ4n) is 3.91. The van der Waals surface area contributed by atoms with Crippen molar-refractivity contribution >= 4 is 17.5 Å². The van der Waals surface area contributed by atoms with Crippen molar-refractivity contribution in [3.05, 3.63) is 59.2 Å². The Morgan fingerprint density at radius 1 is 1.08 bits per heavy atom. The maximum Gasteiger partial charge on any atom is 0.251 e. The first kappa shape index (κ1) is 16.8. The summed E-state index contributed by atoms with van der Waals surface area (Å²) < 4.78 is 5.38. The Morgan fingerprint density at radius 3 is 2.62 bits per heavy atom. The highest BCUT2D eigenvalue weighted by atomic mass is 16.5. The first-order valence-corrected chi connectivity index (χ1v) is 8.91. The van der Waals surface area contributed by atoms with E-state index in [-0.39, 0.29) is 18.2 Å². The molecule has 5 nitrogen and oxygen atoms in total. The number of carbonyl (C=O) groups excluding carboxylic acids is 2. The Bertz CT molecular complexity index is 877. The van der Waals surface area contributed by atoms with Crippen molar-refractivity contribution < 1.29 is 14.3 Å². The number of amides is 2. The summed E-state index contributed by atoms with van der Waals surface area (Å²) in [5.41, 5.74) is 4.10. The highest BCUT2D eigenvalue weighted by Crippen LogP contribution is 2.35. The molecule has 134 valence electrons. The number of hydrogen-bond donors (Lipinski definition) is 0. The second kappa shape index (κ2) is 6.57. The molecule has 0 saturated carbocycles. The normalized spacial score (nSPS) is 20.4. The van der Waals surface area contributed by atoms with Crippen molar-refractivity contribution in [2.75, 3.05) is 18.6 Å². The molecule has 0 bridgehead atoms. The van der Waals surface area contributed by atoms with E-state index >= 15 is 0 Å². The van der Waals surface area contributed by atoms with Gasteiger partial charge in [0.05, 0.1) is 25.3 Å². The molecule has 0 radical (unpaired) electrons. The average Bonchev–Trinajstić information content (AvgIpc) is 2.95. The van der Waals surface area contributed by atoms with E-state index in [1.54, 1.807) is 13.2 Å². The SMILES string of the molecule is COc1ccc(C)cc1N1C(=O)C[C@@H](N2CCc3ccccc3C2)C1=O. The second-order valence-electron chi connectivity index (χ2n) is 6.95. The first-order valence-electron chi connectivity index (χ1n) is 8.91. The molecule has 0 N–H and O–H groups in total. The van der Waals surface area contributed by atoms with E-state index in [0.29, 0.717) is 18.0 Å². The molecule has 5 heteroatoms. The monoisotopic (exact) mass is 350 g/mol. The molecule has 2 aliphatic rings. The van der Waals surface area contributed by atoms with Gasteiger partial charge in [0, 0.05) is 13.1 Å². The Balaban J connectivity index is 1.62. The zero-order valence-corrected chi connectivity index (χ0v) is 15.1. The van der Waals surface area contributed by atoms with Gasteiger partial charge in [-0.25, -0.2) is 4.90 Å². The molecule has 1 fully saturated rings. The highest BCUT2D eigenvalue weighted by molar-refractivity contribution is 6.23. The molecule has 1 saturated heterocycles. The summed E-state index contributed by atoms with van der Waals surface area (Å²) in [6, 6.07) is 13.5. The lowest BCUT2D eigenvalue weighted by molar-refractivity contribution is -0.123. The van der Waals surface area contributed by atoms with E-state index in [4.69, 9.17) is 4.74 Å². The highest BCUT2D eigenvalue weighted by Gasteiger charge is 2.44. The molecule has 0 aliphatic carbocycles. The van der Waals surface area contributed by atoms with Crippen LogP contribution in [-0.2, 0) is 22.6 Å². The third-order valence-electron chi connectivity index (χ3n) is 5.30. The smallest absolute Gasteiger partial charge is 0.251 e. The predicted molar refractivity (Wildman–Crippen MR) is 99.2 cm³/mol. The van der Waals surface area contributed by atoms with Crippen LogP contribution in [0.15, 0.2) is 42.5 Å². The largest absolute Gasteiger partial charge is 0.495 e. The fraction of sp³-hybridized carbons (Fsp3) is 0.333. The molecule has 2 aromatic rings. The lowest BCUT2D eigenvalue weighted by atomic mass is 9.98. The molecule has 2 amide bonds. The van der Waals surface area contributed by atoms with Gasteiger partial charge in [-0.05, 0) is 42.2 Å². The van der Waals surface area contributed by atoms with Crippen molar-refractivity contribution in [1.82, 2.24) is 4.90 Å². The summed E-state index contributed by atoms with van der Waals surface area (Å²) in [7, 11) is 1.55. The topological polar surface area (TPSA) is 49.9 Å². The number of fused-ring (bicyclic) bond motifs is 1. The van der Waals surface area contributed by atoms with Gasteiger partial charge in [0.2, 0.25) is 5.91 Å². The van der Waals surface area contributed by atoms with Gasteiger partial charge in [0.25, 0.3) is 5.91 Å². The van der Waals surface area contributed by atoms with Gasteiger partial charge in [-0.3, -0.25) is 14.5 Å². The standard InChI is InChI=1S/C21H22N2O3/c1-14-7-8-19(26-2)17(11-14)23-20(24)12-18(21(23)25)22-10-9-15-5-3-4-6-16(15)13-22/h3-8,11,18H,9-10,12-13H2,1-2H3/t18-/m1/s1. The minimum absolute atomic E-state index is 0.154. The molecule has 2 aliphatic heterocycles. The lowest BCUT2D eigenvalue weighted by Gasteiger charge is -2.32. The van der Waals surface area contributed by atoms with Crippen LogP contribution in [0.2, 0.25) is 0 Å². The van der Waals surface area contributed by atoms with E-state index in [2.05, 4.69) is 17.0 Å². The maximum absolute atomic E-state index is 13.1. The number of rotatable bonds is 3. The molecular weight excluding hydrogens is 328 g/mol. The Labute approximate surface area is 153 Å². The van der Waals surface area contributed by atoms with Crippen molar-refractivity contribution in [3.63, 3.8) is 0 Å².